The lowest BCUT2D eigenvalue weighted by Gasteiger charge is -2.04. The Bertz CT molecular complexity index is 995. The number of carbonyl (C=O) groups is 1. The van der Waals surface area contributed by atoms with Crippen LogP contribution in [0.2, 0.25) is 0 Å². The van der Waals surface area contributed by atoms with E-state index in [1.54, 1.807) is 36.8 Å². The molecule has 1 N–H and O–H groups in total. The number of hydrogen-bond donors (Lipinski definition) is 1. The van der Waals surface area contributed by atoms with Gasteiger partial charge in [-0.15, -0.1) is 11.3 Å². The van der Waals surface area contributed by atoms with Crippen molar-refractivity contribution in [3.63, 3.8) is 0 Å². The summed E-state index contributed by atoms with van der Waals surface area (Å²) in [6.45, 7) is 0.320. The summed E-state index contributed by atoms with van der Waals surface area (Å²) in [4.78, 5) is 29.1. The van der Waals surface area contributed by atoms with E-state index in [2.05, 4.69) is 30.4 Å². The van der Waals surface area contributed by atoms with Gasteiger partial charge in [0.1, 0.15) is 22.7 Å². The number of nitrogens with one attached hydrogen (secondary N) is 1. The molecule has 0 aliphatic carbocycles. The molecule has 9 heteroatoms. The number of pyridine rings is 1. The van der Waals surface area contributed by atoms with Gasteiger partial charge in [-0.1, -0.05) is 6.07 Å². The van der Waals surface area contributed by atoms with E-state index < -0.39 is 0 Å². The summed E-state index contributed by atoms with van der Waals surface area (Å²) in [5.41, 5.74) is 2.53. The van der Waals surface area contributed by atoms with Crippen LogP contribution in [-0.2, 0) is 6.54 Å². The molecule has 0 unspecified atom stereocenters. The summed E-state index contributed by atoms with van der Waals surface area (Å²) in [6, 6.07) is 5.26. The molecule has 0 atom stereocenters. The second kappa shape index (κ2) is 6.13. The van der Waals surface area contributed by atoms with Gasteiger partial charge in [0.15, 0.2) is 5.65 Å². The molecular weight excluding hydrogens is 326 g/mol. The first-order chi connectivity index (χ1) is 11.8. The van der Waals surface area contributed by atoms with Crippen LogP contribution in [0.1, 0.15) is 16.2 Å². The van der Waals surface area contributed by atoms with E-state index in [9.17, 15) is 4.79 Å². The normalized spacial score (nSPS) is 10.8. The molecule has 4 aromatic rings. The van der Waals surface area contributed by atoms with Crippen molar-refractivity contribution in [3.8, 4) is 10.7 Å². The van der Waals surface area contributed by atoms with Gasteiger partial charge in [-0.2, -0.15) is 5.10 Å². The zero-order valence-corrected chi connectivity index (χ0v) is 13.1. The van der Waals surface area contributed by atoms with Crippen molar-refractivity contribution in [2.45, 2.75) is 6.54 Å². The third-order valence-corrected chi connectivity index (χ3v) is 4.21. The van der Waals surface area contributed by atoms with Crippen LogP contribution in [0.15, 0.2) is 48.5 Å². The predicted octanol–water partition coefficient (Wildman–Crippen LogP) is 1.57. The molecule has 118 valence electrons. The fraction of sp³-hybridized carbons (Fsp3) is 0.0667. The number of aromatic nitrogens is 6. The maximum Gasteiger partial charge on any atom is 0.270 e. The molecule has 0 radical (unpaired) electrons. The first-order valence-electron chi connectivity index (χ1n) is 7.09. The highest BCUT2D eigenvalue weighted by Crippen LogP contribution is 2.20. The van der Waals surface area contributed by atoms with Gasteiger partial charge in [-0.3, -0.25) is 14.8 Å². The summed E-state index contributed by atoms with van der Waals surface area (Å²) in [5, 5.41) is 9.56. The third kappa shape index (κ3) is 2.72. The Morgan fingerprint density at radius 3 is 3.08 bits per heavy atom. The van der Waals surface area contributed by atoms with Crippen LogP contribution in [0.4, 0.5) is 0 Å². The molecule has 4 aromatic heterocycles. The highest BCUT2D eigenvalue weighted by atomic mass is 32.1. The van der Waals surface area contributed by atoms with Gasteiger partial charge in [0.2, 0.25) is 0 Å². The Hall–Kier alpha value is -3.20. The average Bonchev–Trinajstić information content (AvgIpc) is 3.29. The lowest BCUT2D eigenvalue weighted by molar-refractivity contribution is 0.0943. The Morgan fingerprint density at radius 2 is 2.21 bits per heavy atom. The van der Waals surface area contributed by atoms with E-state index in [0.717, 1.165) is 10.7 Å². The number of thiazole rings is 1. The third-order valence-electron chi connectivity index (χ3n) is 3.30. The van der Waals surface area contributed by atoms with Crippen molar-refractivity contribution in [1.29, 1.82) is 0 Å². The van der Waals surface area contributed by atoms with E-state index in [1.165, 1.54) is 22.2 Å². The molecule has 4 rings (SSSR count). The van der Waals surface area contributed by atoms with Crippen LogP contribution in [0.3, 0.4) is 0 Å². The fourth-order valence-corrected chi connectivity index (χ4v) is 2.97. The topological polar surface area (TPSA) is 98.0 Å². The first kappa shape index (κ1) is 14.4. The zero-order valence-electron chi connectivity index (χ0n) is 12.3. The molecule has 0 saturated carbocycles. The van der Waals surface area contributed by atoms with Gasteiger partial charge in [0.05, 0.1) is 18.4 Å². The Balaban J connectivity index is 1.48. The number of nitrogens with zero attached hydrogens (tertiary/aromatic N) is 6. The maximum absolute atomic E-state index is 12.4. The lowest BCUT2D eigenvalue weighted by Crippen LogP contribution is -2.25. The molecule has 0 aliphatic rings. The molecule has 0 bridgehead atoms. The average molecular weight is 337 g/mol. The molecule has 1 amide bonds. The Labute approximate surface area is 140 Å². The van der Waals surface area contributed by atoms with Crippen molar-refractivity contribution in [2.24, 2.45) is 0 Å². The molecule has 24 heavy (non-hydrogen) atoms. The van der Waals surface area contributed by atoms with Crippen molar-refractivity contribution in [3.05, 3.63) is 59.9 Å². The van der Waals surface area contributed by atoms with Gasteiger partial charge in [0, 0.05) is 17.8 Å². The highest BCUT2D eigenvalue weighted by Gasteiger charge is 2.12. The summed E-state index contributed by atoms with van der Waals surface area (Å²) in [5.74, 6) is -0.236. The highest BCUT2D eigenvalue weighted by molar-refractivity contribution is 7.13. The van der Waals surface area contributed by atoms with Crippen molar-refractivity contribution < 1.29 is 4.79 Å². The summed E-state index contributed by atoms with van der Waals surface area (Å²) in [7, 11) is 0. The molecule has 0 spiro atoms. The molecule has 0 aliphatic heterocycles. The Kier molecular flexibility index (Phi) is 3.67. The van der Waals surface area contributed by atoms with Crippen molar-refractivity contribution in [1.82, 2.24) is 34.9 Å². The predicted molar refractivity (Wildman–Crippen MR) is 87.3 cm³/mol. The largest absolute Gasteiger partial charge is 0.345 e. The number of fused-ring (bicyclic) bond motifs is 1. The maximum atomic E-state index is 12.4. The lowest BCUT2D eigenvalue weighted by atomic mass is 10.3. The minimum atomic E-state index is -0.236. The fourth-order valence-electron chi connectivity index (χ4n) is 2.19. The van der Waals surface area contributed by atoms with Crippen molar-refractivity contribution in [2.75, 3.05) is 0 Å². The van der Waals surface area contributed by atoms with E-state index in [1.807, 2.05) is 5.38 Å². The van der Waals surface area contributed by atoms with Gasteiger partial charge in [-0.25, -0.2) is 14.5 Å². The second-order valence-electron chi connectivity index (χ2n) is 4.86. The summed E-state index contributed by atoms with van der Waals surface area (Å²) < 4.78 is 1.50. The summed E-state index contributed by atoms with van der Waals surface area (Å²) in [6.07, 6.45) is 6.31. The van der Waals surface area contributed by atoms with Crippen LogP contribution in [0.25, 0.3) is 16.3 Å². The molecule has 0 aromatic carbocycles. The van der Waals surface area contributed by atoms with E-state index in [0.29, 0.717) is 23.6 Å². The van der Waals surface area contributed by atoms with E-state index in [-0.39, 0.29) is 5.91 Å². The number of hydrogen-bond acceptors (Lipinski definition) is 7. The van der Waals surface area contributed by atoms with E-state index in [4.69, 9.17) is 0 Å². The van der Waals surface area contributed by atoms with Gasteiger partial charge >= 0.3 is 0 Å². The quantitative estimate of drug-likeness (QED) is 0.607. The molecule has 0 saturated heterocycles. The Morgan fingerprint density at radius 1 is 1.25 bits per heavy atom. The number of carbonyl (C=O) groups excluding carboxylic acids is 1. The minimum absolute atomic E-state index is 0.236. The summed E-state index contributed by atoms with van der Waals surface area (Å²) >= 11 is 1.46. The SMILES string of the molecule is O=C(NCc1csc(-c2cnccn2)n1)c1cccc2ncnn12. The van der Waals surface area contributed by atoms with E-state index >= 15 is 0 Å². The van der Waals surface area contributed by atoms with Crippen LogP contribution >= 0.6 is 11.3 Å². The van der Waals surface area contributed by atoms with Crippen molar-refractivity contribution >= 4 is 22.9 Å². The number of rotatable bonds is 4. The molecule has 4 heterocycles. The van der Waals surface area contributed by atoms with Crippen LogP contribution < -0.4 is 5.32 Å². The van der Waals surface area contributed by atoms with Gasteiger partial charge in [0.25, 0.3) is 5.91 Å². The minimum Gasteiger partial charge on any atom is -0.345 e. The second-order valence-corrected chi connectivity index (χ2v) is 5.72. The molecule has 0 fully saturated rings. The monoisotopic (exact) mass is 337 g/mol. The van der Waals surface area contributed by atoms with Crippen LogP contribution in [0, 0.1) is 0 Å². The van der Waals surface area contributed by atoms with Gasteiger partial charge in [-0.05, 0) is 12.1 Å². The smallest absolute Gasteiger partial charge is 0.270 e. The van der Waals surface area contributed by atoms with Crippen LogP contribution in [0.5, 0.6) is 0 Å². The van der Waals surface area contributed by atoms with Gasteiger partial charge < -0.3 is 5.32 Å². The number of amides is 1. The standard InChI is InChI=1S/C15H11N7OS/c23-14(12-2-1-3-13-19-9-20-22(12)13)18-6-10-8-24-15(21-10)11-7-16-4-5-17-11/h1-5,7-9H,6H2,(H,18,23). The van der Waals surface area contributed by atoms with Crippen LogP contribution in [-0.4, -0.2) is 35.5 Å². The first-order valence-corrected chi connectivity index (χ1v) is 7.97. The molecule has 8 nitrogen and oxygen atoms in total. The molecular formula is C15H11N7OS. The zero-order chi connectivity index (χ0) is 16.4.